The van der Waals surface area contributed by atoms with E-state index in [1.165, 1.54) is 5.56 Å². The van der Waals surface area contributed by atoms with E-state index in [0.717, 1.165) is 29.2 Å². The molecule has 0 bridgehead atoms. The maximum Gasteiger partial charge on any atom is 0.122 e. The molecule has 4 N–H and O–H groups in total. The summed E-state index contributed by atoms with van der Waals surface area (Å²) in [5, 5.41) is 0. The van der Waals surface area contributed by atoms with Crippen LogP contribution in [0.25, 0.3) is 0 Å². The molecule has 0 aromatic heterocycles. The van der Waals surface area contributed by atoms with Crippen LogP contribution in [0, 0.1) is 0 Å². The lowest BCUT2D eigenvalue weighted by Gasteiger charge is -2.13. The minimum absolute atomic E-state index is 0.206. The van der Waals surface area contributed by atoms with Crippen LogP contribution in [0.4, 0.5) is 5.69 Å². The van der Waals surface area contributed by atoms with E-state index >= 15 is 0 Å². The molecule has 0 amide bonds. The molecular weight excluding hydrogens is 350 g/mol. The maximum atomic E-state index is 6.10. The number of nitrogens with two attached hydrogens (primary N) is 1. The second kappa shape index (κ2) is 8.78. The summed E-state index contributed by atoms with van der Waals surface area (Å²) in [4.78, 5) is 0. The van der Waals surface area contributed by atoms with E-state index in [0.29, 0.717) is 13.2 Å². The zero-order valence-electron chi connectivity index (χ0n) is 15.7. The van der Waals surface area contributed by atoms with E-state index in [4.69, 9.17) is 15.2 Å². The van der Waals surface area contributed by atoms with Crippen molar-refractivity contribution < 1.29 is 9.47 Å². The van der Waals surface area contributed by atoms with Gasteiger partial charge in [0.05, 0.1) is 6.04 Å². The highest BCUT2D eigenvalue weighted by molar-refractivity contribution is 5.48. The number of para-hydroxylation sites is 2. The molecule has 5 nitrogen and oxygen atoms in total. The number of nitrogen functional groups attached to an aromatic ring is 1. The normalized spacial score (nSPS) is 18.7. The van der Waals surface area contributed by atoms with E-state index in [1.807, 2.05) is 60.7 Å². The molecule has 3 aromatic rings. The van der Waals surface area contributed by atoms with Crippen molar-refractivity contribution in [3.8, 4) is 11.5 Å². The molecule has 3 aromatic carbocycles. The second-order valence-corrected chi connectivity index (χ2v) is 6.84. The van der Waals surface area contributed by atoms with Gasteiger partial charge in [-0.15, -0.1) is 0 Å². The number of nitrogens with one attached hydrogen (secondary N) is 2. The van der Waals surface area contributed by atoms with Crippen molar-refractivity contribution >= 4 is 5.69 Å². The summed E-state index contributed by atoms with van der Waals surface area (Å²) in [5.74, 6) is 1.70. The van der Waals surface area contributed by atoms with Crippen molar-refractivity contribution in [3.63, 3.8) is 0 Å². The molecule has 1 fully saturated rings. The van der Waals surface area contributed by atoms with Gasteiger partial charge in [0.15, 0.2) is 0 Å². The third kappa shape index (κ3) is 4.44. The van der Waals surface area contributed by atoms with Gasteiger partial charge in [0.25, 0.3) is 0 Å². The lowest BCUT2D eigenvalue weighted by molar-refractivity contribution is 0.217. The van der Waals surface area contributed by atoms with Crippen molar-refractivity contribution in [1.29, 1.82) is 0 Å². The third-order valence-corrected chi connectivity index (χ3v) is 4.92. The monoisotopic (exact) mass is 375 g/mol. The first-order valence-corrected chi connectivity index (χ1v) is 9.55. The summed E-state index contributed by atoms with van der Waals surface area (Å²) in [5.41, 5.74) is 16.0. The number of hydrogen-bond acceptors (Lipinski definition) is 5. The quantitative estimate of drug-likeness (QED) is 0.430. The Kier molecular flexibility index (Phi) is 5.75. The van der Waals surface area contributed by atoms with E-state index < -0.39 is 0 Å². The molecule has 1 aliphatic heterocycles. The minimum atomic E-state index is 0.206. The Morgan fingerprint density at radius 2 is 1.32 bits per heavy atom. The molecule has 4 rings (SSSR count). The van der Waals surface area contributed by atoms with E-state index in [2.05, 4.69) is 29.1 Å². The Labute approximate surface area is 165 Å². The van der Waals surface area contributed by atoms with Gasteiger partial charge in [-0.3, -0.25) is 0 Å². The maximum absolute atomic E-state index is 6.10. The van der Waals surface area contributed by atoms with Crippen LogP contribution in [-0.2, 0) is 0 Å². The first-order valence-electron chi connectivity index (χ1n) is 9.55. The Morgan fingerprint density at radius 1 is 0.714 bits per heavy atom. The summed E-state index contributed by atoms with van der Waals surface area (Å²) in [6.07, 6.45) is 0.944. The number of anilines is 1. The Hall–Kier alpha value is -3.02. The van der Waals surface area contributed by atoms with Crippen molar-refractivity contribution in [2.24, 2.45) is 0 Å². The van der Waals surface area contributed by atoms with Gasteiger partial charge < -0.3 is 15.2 Å². The molecule has 5 heteroatoms. The highest BCUT2D eigenvalue weighted by Gasteiger charge is 2.27. The van der Waals surface area contributed by atoms with Gasteiger partial charge in [0, 0.05) is 11.7 Å². The first-order chi connectivity index (χ1) is 13.8. The molecule has 0 spiro atoms. The fourth-order valence-electron chi connectivity index (χ4n) is 3.44. The predicted octanol–water partition coefficient (Wildman–Crippen LogP) is 4.01. The van der Waals surface area contributed by atoms with Crippen LogP contribution in [0.1, 0.15) is 29.6 Å². The molecule has 144 valence electrons. The fraction of sp³-hybridized carbons (Fsp3) is 0.217. The van der Waals surface area contributed by atoms with Gasteiger partial charge in [-0.05, 0) is 47.9 Å². The van der Waals surface area contributed by atoms with Gasteiger partial charge in [-0.25, -0.2) is 10.9 Å². The first kappa shape index (κ1) is 18.3. The van der Waals surface area contributed by atoms with Crippen LogP contribution in [0.3, 0.4) is 0 Å². The smallest absolute Gasteiger partial charge is 0.122 e. The van der Waals surface area contributed by atoms with Crippen LogP contribution < -0.4 is 26.1 Å². The lowest BCUT2D eigenvalue weighted by Crippen LogP contribution is -2.27. The largest absolute Gasteiger partial charge is 0.490 e. The predicted molar refractivity (Wildman–Crippen MR) is 111 cm³/mol. The van der Waals surface area contributed by atoms with Gasteiger partial charge in [0.1, 0.15) is 24.7 Å². The van der Waals surface area contributed by atoms with Crippen LogP contribution in [0.5, 0.6) is 11.5 Å². The molecule has 1 aliphatic rings. The highest BCUT2D eigenvalue weighted by Crippen LogP contribution is 2.33. The highest BCUT2D eigenvalue weighted by atomic mass is 16.5. The van der Waals surface area contributed by atoms with Crippen LogP contribution in [0.15, 0.2) is 78.9 Å². The zero-order valence-corrected chi connectivity index (χ0v) is 15.7. The third-order valence-electron chi connectivity index (χ3n) is 4.92. The van der Waals surface area contributed by atoms with E-state index in [1.54, 1.807) is 0 Å². The Morgan fingerprint density at radius 3 is 2.04 bits per heavy atom. The molecule has 2 unspecified atom stereocenters. The van der Waals surface area contributed by atoms with Crippen molar-refractivity contribution in [2.75, 3.05) is 18.9 Å². The van der Waals surface area contributed by atoms with Gasteiger partial charge in [0.2, 0.25) is 0 Å². The average molecular weight is 375 g/mol. The molecule has 2 atom stereocenters. The molecule has 28 heavy (non-hydrogen) atoms. The number of benzene rings is 3. The number of rotatable bonds is 7. The molecule has 1 heterocycles. The summed E-state index contributed by atoms with van der Waals surface area (Å²) in [6, 6.07) is 26.4. The Balaban J connectivity index is 1.27. The molecule has 1 saturated heterocycles. The number of hydrogen-bond donors (Lipinski definition) is 3. The van der Waals surface area contributed by atoms with Crippen LogP contribution >= 0.6 is 0 Å². The number of hydrazine groups is 1. The van der Waals surface area contributed by atoms with Gasteiger partial charge >= 0.3 is 0 Å². The van der Waals surface area contributed by atoms with Crippen molar-refractivity contribution in [2.45, 2.75) is 18.5 Å². The minimum Gasteiger partial charge on any atom is -0.490 e. The fourth-order valence-corrected chi connectivity index (χ4v) is 3.44. The SMILES string of the molecule is Nc1ccccc1C1CC(c2ccc(OCCOc3ccccc3)cc2)NN1. The lowest BCUT2D eigenvalue weighted by atomic mass is 9.97. The van der Waals surface area contributed by atoms with Crippen molar-refractivity contribution in [1.82, 2.24) is 10.9 Å². The Bertz CT molecular complexity index is 884. The molecule has 0 saturated carbocycles. The molecular formula is C23H25N3O2. The molecule has 0 aliphatic carbocycles. The van der Waals surface area contributed by atoms with Gasteiger partial charge in [-0.2, -0.15) is 0 Å². The standard InChI is InChI=1S/C23H25N3O2/c24-21-9-5-4-8-20(21)23-16-22(25-26-23)17-10-12-19(13-11-17)28-15-14-27-18-6-2-1-3-7-18/h1-13,22-23,25-26H,14-16,24H2. The van der Waals surface area contributed by atoms with Crippen LogP contribution in [0.2, 0.25) is 0 Å². The van der Waals surface area contributed by atoms with Gasteiger partial charge in [-0.1, -0.05) is 48.5 Å². The zero-order chi connectivity index (χ0) is 19.2. The van der Waals surface area contributed by atoms with Crippen molar-refractivity contribution in [3.05, 3.63) is 90.0 Å². The summed E-state index contributed by atoms with van der Waals surface area (Å²) in [6.45, 7) is 1.02. The average Bonchev–Trinajstić information content (AvgIpc) is 3.23. The van der Waals surface area contributed by atoms with E-state index in [9.17, 15) is 0 Å². The number of ether oxygens (including phenoxy) is 2. The summed E-state index contributed by atoms with van der Waals surface area (Å²) >= 11 is 0. The van der Waals surface area contributed by atoms with E-state index in [-0.39, 0.29) is 12.1 Å². The summed E-state index contributed by atoms with van der Waals surface area (Å²) in [7, 11) is 0. The molecule has 0 radical (unpaired) electrons. The summed E-state index contributed by atoms with van der Waals surface area (Å²) < 4.78 is 11.4. The second-order valence-electron chi connectivity index (χ2n) is 6.84. The van der Waals surface area contributed by atoms with Crippen LogP contribution in [-0.4, -0.2) is 13.2 Å². The topological polar surface area (TPSA) is 68.5 Å².